The molecule has 1 aromatic heterocycles. The summed E-state index contributed by atoms with van der Waals surface area (Å²) in [4.78, 5) is 22.1. The third-order valence-corrected chi connectivity index (χ3v) is 2.79. The van der Waals surface area contributed by atoms with E-state index in [9.17, 15) is 14.9 Å². The molecule has 0 radical (unpaired) electrons. The molecule has 0 bridgehead atoms. The molecule has 2 rings (SSSR count). The van der Waals surface area contributed by atoms with Gasteiger partial charge in [0.2, 0.25) is 5.91 Å². The number of nitro groups is 1. The van der Waals surface area contributed by atoms with Gasteiger partial charge in [-0.25, -0.2) is 0 Å². The van der Waals surface area contributed by atoms with Crippen LogP contribution in [0.1, 0.15) is 18.4 Å². The fourth-order valence-electron chi connectivity index (χ4n) is 1.74. The first-order valence-corrected chi connectivity index (χ1v) is 6.41. The van der Waals surface area contributed by atoms with Gasteiger partial charge in [0.05, 0.1) is 4.92 Å². The molecule has 1 heterocycles. The summed E-state index contributed by atoms with van der Waals surface area (Å²) in [5.41, 5.74) is 0.0105. The summed E-state index contributed by atoms with van der Waals surface area (Å²) in [7, 11) is 0. The second-order valence-electron chi connectivity index (χ2n) is 4.25. The van der Waals surface area contributed by atoms with E-state index < -0.39 is 10.8 Å². The van der Waals surface area contributed by atoms with Gasteiger partial charge >= 0.3 is 0 Å². The predicted molar refractivity (Wildman–Crippen MR) is 78.8 cm³/mol. The normalized spacial score (nSPS) is 10.7. The van der Waals surface area contributed by atoms with Gasteiger partial charge in [-0.15, -0.1) is 0 Å². The second-order valence-corrected chi connectivity index (χ2v) is 4.25. The van der Waals surface area contributed by atoms with Gasteiger partial charge in [-0.3, -0.25) is 14.9 Å². The molecular formula is C15H14N2O4. The van der Waals surface area contributed by atoms with E-state index in [4.69, 9.17) is 4.42 Å². The van der Waals surface area contributed by atoms with Gasteiger partial charge in [0.1, 0.15) is 17.2 Å². The molecule has 0 aliphatic heterocycles. The maximum Gasteiger partial charge on any atom is 0.292 e. The van der Waals surface area contributed by atoms with Crippen LogP contribution in [0.5, 0.6) is 0 Å². The van der Waals surface area contributed by atoms with E-state index >= 15 is 0 Å². The lowest BCUT2D eigenvalue weighted by Gasteiger charge is -2.02. The summed E-state index contributed by atoms with van der Waals surface area (Å²) >= 11 is 0. The Kier molecular flexibility index (Phi) is 4.50. The summed E-state index contributed by atoms with van der Waals surface area (Å²) in [5, 5.41) is 13.3. The Morgan fingerprint density at radius 2 is 2.10 bits per heavy atom. The van der Waals surface area contributed by atoms with Crippen molar-refractivity contribution in [3.8, 4) is 0 Å². The minimum absolute atomic E-state index is 0.148. The molecule has 0 aliphatic rings. The number of rotatable bonds is 5. The lowest BCUT2D eigenvalue weighted by molar-refractivity contribution is -0.383. The lowest BCUT2D eigenvalue weighted by atomic mass is 10.2. The largest absolute Gasteiger partial charge is 0.462 e. The maximum atomic E-state index is 11.8. The average molecular weight is 286 g/mol. The zero-order valence-corrected chi connectivity index (χ0v) is 11.4. The summed E-state index contributed by atoms with van der Waals surface area (Å²) in [6.07, 6.45) is 3.56. The molecular weight excluding hydrogens is 272 g/mol. The molecule has 0 aliphatic carbocycles. The second kappa shape index (κ2) is 6.51. The van der Waals surface area contributed by atoms with Gasteiger partial charge in [-0.1, -0.05) is 19.1 Å². The zero-order chi connectivity index (χ0) is 15.2. The monoisotopic (exact) mass is 286 g/mol. The number of benzene rings is 1. The van der Waals surface area contributed by atoms with Crippen molar-refractivity contribution in [2.24, 2.45) is 0 Å². The first kappa shape index (κ1) is 14.5. The average Bonchev–Trinajstić information content (AvgIpc) is 2.93. The van der Waals surface area contributed by atoms with E-state index in [1.165, 1.54) is 24.3 Å². The Morgan fingerprint density at radius 3 is 2.76 bits per heavy atom. The molecule has 0 spiro atoms. The molecule has 108 valence electrons. The number of nitro benzene ring substituents is 1. The van der Waals surface area contributed by atoms with Crippen LogP contribution in [0.3, 0.4) is 0 Å². The summed E-state index contributed by atoms with van der Waals surface area (Å²) in [5.74, 6) is 0.928. The molecule has 0 fully saturated rings. The number of anilines is 1. The summed E-state index contributed by atoms with van der Waals surface area (Å²) < 4.78 is 5.42. The van der Waals surface area contributed by atoms with Crippen LogP contribution in [0.15, 0.2) is 46.9 Å². The minimum atomic E-state index is -0.542. The zero-order valence-electron chi connectivity index (χ0n) is 11.4. The molecule has 0 saturated heterocycles. The molecule has 1 aromatic carbocycles. The van der Waals surface area contributed by atoms with Crippen molar-refractivity contribution in [3.05, 3.63) is 64.1 Å². The molecule has 21 heavy (non-hydrogen) atoms. The van der Waals surface area contributed by atoms with Gasteiger partial charge in [0, 0.05) is 18.6 Å². The van der Waals surface area contributed by atoms with Crippen LogP contribution >= 0.6 is 0 Å². The van der Waals surface area contributed by atoms with Crippen LogP contribution in [0.25, 0.3) is 6.08 Å². The number of carbonyl (C=O) groups is 1. The van der Waals surface area contributed by atoms with Gasteiger partial charge in [-0.2, -0.15) is 0 Å². The fourth-order valence-corrected chi connectivity index (χ4v) is 1.74. The van der Waals surface area contributed by atoms with Crippen LogP contribution in [-0.2, 0) is 11.2 Å². The number of nitrogens with zero attached hydrogens (tertiary/aromatic N) is 1. The molecule has 0 atom stereocenters. The van der Waals surface area contributed by atoms with E-state index in [2.05, 4.69) is 5.32 Å². The number of aryl methyl sites for hydroxylation is 1. The third-order valence-electron chi connectivity index (χ3n) is 2.79. The number of para-hydroxylation sites is 2. The molecule has 1 amide bonds. The van der Waals surface area contributed by atoms with Crippen molar-refractivity contribution < 1.29 is 14.1 Å². The van der Waals surface area contributed by atoms with E-state index in [0.29, 0.717) is 5.76 Å². The van der Waals surface area contributed by atoms with Crippen molar-refractivity contribution in [1.29, 1.82) is 0 Å². The van der Waals surface area contributed by atoms with Crippen LogP contribution in [0.2, 0.25) is 0 Å². The number of hydrogen-bond acceptors (Lipinski definition) is 4. The Bertz CT molecular complexity index is 688. The first-order valence-electron chi connectivity index (χ1n) is 6.41. The topological polar surface area (TPSA) is 85.4 Å². The molecule has 6 heteroatoms. The molecule has 0 saturated carbocycles. The van der Waals surface area contributed by atoms with E-state index in [1.807, 2.05) is 13.0 Å². The van der Waals surface area contributed by atoms with Crippen molar-refractivity contribution >= 4 is 23.4 Å². The van der Waals surface area contributed by atoms with Crippen LogP contribution in [0.4, 0.5) is 11.4 Å². The Balaban J connectivity index is 2.06. The number of furan rings is 1. The lowest BCUT2D eigenvalue weighted by Crippen LogP contribution is -2.09. The smallest absolute Gasteiger partial charge is 0.292 e. The third kappa shape index (κ3) is 3.79. The summed E-state index contributed by atoms with van der Waals surface area (Å²) in [6.45, 7) is 1.97. The minimum Gasteiger partial charge on any atom is -0.462 e. The van der Waals surface area contributed by atoms with Crippen LogP contribution in [0, 0.1) is 10.1 Å². The van der Waals surface area contributed by atoms with E-state index in [0.717, 1.165) is 12.2 Å². The molecule has 0 unspecified atom stereocenters. The van der Waals surface area contributed by atoms with Gasteiger partial charge in [0.25, 0.3) is 5.69 Å². The number of nitrogens with one attached hydrogen (secondary N) is 1. The number of carbonyl (C=O) groups excluding carboxylic acids is 1. The summed E-state index contributed by atoms with van der Waals surface area (Å²) in [6, 6.07) is 9.56. The highest BCUT2D eigenvalue weighted by molar-refractivity contribution is 6.03. The molecule has 1 N–H and O–H groups in total. The Morgan fingerprint density at radius 1 is 1.33 bits per heavy atom. The van der Waals surface area contributed by atoms with Gasteiger partial charge < -0.3 is 9.73 Å². The number of hydrogen-bond donors (Lipinski definition) is 1. The van der Waals surface area contributed by atoms with Crippen molar-refractivity contribution in [3.63, 3.8) is 0 Å². The Hall–Kier alpha value is -2.89. The molecule has 2 aromatic rings. The predicted octanol–water partition coefficient (Wildman–Crippen LogP) is 3.40. The Labute approximate surface area is 121 Å². The standard InChI is InChI=1S/C15H14N2O4/c1-2-11-7-8-12(21-11)9-10-15(18)16-13-5-3-4-6-14(13)17(19)20/h3-10H,2H2,1H3,(H,16,18). The van der Waals surface area contributed by atoms with Crippen molar-refractivity contribution in [2.75, 3.05) is 5.32 Å². The fraction of sp³-hybridized carbons (Fsp3) is 0.133. The first-order chi connectivity index (χ1) is 10.1. The highest BCUT2D eigenvalue weighted by Gasteiger charge is 2.13. The highest BCUT2D eigenvalue weighted by Crippen LogP contribution is 2.23. The van der Waals surface area contributed by atoms with Gasteiger partial charge in [-0.05, 0) is 24.3 Å². The van der Waals surface area contributed by atoms with Crippen LogP contribution < -0.4 is 5.32 Å². The number of amides is 1. The van der Waals surface area contributed by atoms with E-state index in [1.54, 1.807) is 18.2 Å². The van der Waals surface area contributed by atoms with Gasteiger partial charge in [0.15, 0.2) is 0 Å². The SMILES string of the molecule is CCc1ccc(C=CC(=O)Nc2ccccc2[N+](=O)[O-])o1. The molecule has 6 nitrogen and oxygen atoms in total. The maximum absolute atomic E-state index is 11.8. The van der Waals surface area contributed by atoms with Crippen molar-refractivity contribution in [2.45, 2.75) is 13.3 Å². The van der Waals surface area contributed by atoms with Crippen LogP contribution in [-0.4, -0.2) is 10.8 Å². The van der Waals surface area contributed by atoms with E-state index in [-0.39, 0.29) is 11.4 Å². The van der Waals surface area contributed by atoms with Crippen molar-refractivity contribution in [1.82, 2.24) is 0 Å². The quantitative estimate of drug-likeness (QED) is 0.518. The highest BCUT2D eigenvalue weighted by atomic mass is 16.6.